The molecule has 0 aromatic carbocycles. The largest absolute Gasteiger partial charge is 0.313 e. The highest BCUT2D eigenvalue weighted by molar-refractivity contribution is 7.08. The molecule has 0 spiro atoms. The van der Waals surface area contributed by atoms with Crippen LogP contribution in [0.2, 0.25) is 0 Å². The normalized spacial score (nSPS) is 12.0. The third-order valence-corrected chi connectivity index (χ3v) is 2.91. The predicted octanol–water partition coefficient (Wildman–Crippen LogP) is 3.16. The van der Waals surface area contributed by atoms with E-state index in [0.717, 1.165) is 13.1 Å². The van der Waals surface area contributed by atoms with Gasteiger partial charge in [0.05, 0.1) is 0 Å². The molecule has 0 bridgehead atoms. The maximum Gasteiger partial charge on any atom is 0.0216 e. The van der Waals surface area contributed by atoms with Gasteiger partial charge >= 0.3 is 0 Å². The molecule has 0 atom stereocenters. The average Bonchev–Trinajstić information content (AvgIpc) is 2.47. The first-order valence-corrected chi connectivity index (χ1v) is 5.76. The molecule has 74 valence electrons. The van der Waals surface area contributed by atoms with E-state index in [-0.39, 0.29) is 5.41 Å². The van der Waals surface area contributed by atoms with Crippen LogP contribution in [0.1, 0.15) is 38.8 Å². The molecule has 0 aliphatic carbocycles. The van der Waals surface area contributed by atoms with Crippen LogP contribution in [-0.4, -0.2) is 6.54 Å². The van der Waals surface area contributed by atoms with Crippen LogP contribution < -0.4 is 5.32 Å². The number of rotatable bonds is 3. The molecule has 1 aromatic rings. The SMILES string of the molecule is CCNCc1cscc1C(C)(C)C. The minimum atomic E-state index is 0.282. The van der Waals surface area contributed by atoms with Gasteiger partial charge in [-0.1, -0.05) is 27.7 Å². The third kappa shape index (κ3) is 2.82. The van der Waals surface area contributed by atoms with Crippen molar-refractivity contribution in [1.82, 2.24) is 5.32 Å². The van der Waals surface area contributed by atoms with Crippen LogP contribution in [-0.2, 0) is 12.0 Å². The van der Waals surface area contributed by atoms with E-state index < -0.39 is 0 Å². The second-order valence-electron chi connectivity index (χ2n) is 4.34. The molecule has 13 heavy (non-hydrogen) atoms. The van der Waals surface area contributed by atoms with E-state index in [1.165, 1.54) is 11.1 Å². The summed E-state index contributed by atoms with van der Waals surface area (Å²) in [7, 11) is 0. The van der Waals surface area contributed by atoms with Crippen molar-refractivity contribution in [2.75, 3.05) is 6.54 Å². The van der Waals surface area contributed by atoms with Crippen LogP contribution in [0, 0.1) is 0 Å². The second-order valence-corrected chi connectivity index (χ2v) is 5.08. The van der Waals surface area contributed by atoms with Crippen molar-refractivity contribution in [3.63, 3.8) is 0 Å². The summed E-state index contributed by atoms with van der Waals surface area (Å²) in [6, 6.07) is 0. The molecule has 0 saturated carbocycles. The maximum atomic E-state index is 3.37. The van der Waals surface area contributed by atoms with Gasteiger partial charge in [0.1, 0.15) is 0 Å². The molecule has 1 heterocycles. The van der Waals surface area contributed by atoms with Crippen molar-refractivity contribution in [2.24, 2.45) is 0 Å². The summed E-state index contributed by atoms with van der Waals surface area (Å²) in [5.74, 6) is 0. The summed E-state index contributed by atoms with van der Waals surface area (Å²) in [6.07, 6.45) is 0. The molecule has 1 N–H and O–H groups in total. The Morgan fingerprint density at radius 3 is 2.54 bits per heavy atom. The maximum absolute atomic E-state index is 3.37. The van der Waals surface area contributed by atoms with Gasteiger partial charge in [-0.05, 0) is 33.8 Å². The zero-order chi connectivity index (χ0) is 9.90. The topological polar surface area (TPSA) is 12.0 Å². The van der Waals surface area contributed by atoms with Crippen molar-refractivity contribution >= 4 is 11.3 Å². The van der Waals surface area contributed by atoms with E-state index in [1.54, 1.807) is 11.3 Å². The second kappa shape index (κ2) is 4.25. The van der Waals surface area contributed by atoms with Crippen LogP contribution in [0.3, 0.4) is 0 Å². The molecule has 0 radical (unpaired) electrons. The lowest BCUT2D eigenvalue weighted by atomic mass is 9.86. The number of hydrogen-bond donors (Lipinski definition) is 1. The molecular formula is C11H19NS. The molecule has 1 rings (SSSR count). The lowest BCUT2D eigenvalue weighted by Crippen LogP contribution is -2.17. The molecule has 0 aliphatic rings. The van der Waals surface area contributed by atoms with E-state index in [0.29, 0.717) is 0 Å². The fraction of sp³-hybridized carbons (Fsp3) is 0.636. The smallest absolute Gasteiger partial charge is 0.0216 e. The zero-order valence-electron chi connectivity index (χ0n) is 8.98. The van der Waals surface area contributed by atoms with Crippen LogP contribution >= 0.6 is 11.3 Å². The van der Waals surface area contributed by atoms with Gasteiger partial charge in [-0.15, -0.1) is 0 Å². The van der Waals surface area contributed by atoms with Crippen molar-refractivity contribution in [1.29, 1.82) is 0 Å². The Hall–Kier alpha value is -0.340. The first-order chi connectivity index (χ1) is 6.05. The van der Waals surface area contributed by atoms with Crippen molar-refractivity contribution < 1.29 is 0 Å². The first kappa shape index (κ1) is 10.7. The molecule has 1 nitrogen and oxygen atoms in total. The summed E-state index contributed by atoms with van der Waals surface area (Å²) in [4.78, 5) is 0. The highest BCUT2D eigenvalue weighted by Gasteiger charge is 2.17. The Kier molecular flexibility index (Phi) is 3.51. The lowest BCUT2D eigenvalue weighted by Gasteiger charge is -2.19. The van der Waals surface area contributed by atoms with Crippen LogP contribution in [0.15, 0.2) is 10.8 Å². The van der Waals surface area contributed by atoms with Gasteiger partial charge in [0.25, 0.3) is 0 Å². The van der Waals surface area contributed by atoms with Crippen LogP contribution in [0.4, 0.5) is 0 Å². The van der Waals surface area contributed by atoms with Crippen LogP contribution in [0.5, 0.6) is 0 Å². The average molecular weight is 197 g/mol. The van der Waals surface area contributed by atoms with Gasteiger partial charge in [0.15, 0.2) is 0 Å². The Bertz CT molecular complexity index is 257. The van der Waals surface area contributed by atoms with Gasteiger partial charge in [0, 0.05) is 6.54 Å². The predicted molar refractivity (Wildman–Crippen MR) is 60.4 cm³/mol. The van der Waals surface area contributed by atoms with Gasteiger partial charge < -0.3 is 5.32 Å². The van der Waals surface area contributed by atoms with E-state index in [1.807, 2.05) is 0 Å². The molecule has 1 aromatic heterocycles. The van der Waals surface area contributed by atoms with Gasteiger partial charge in [-0.2, -0.15) is 11.3 Å². The zero-order valence-corrected chi connectivity index (χ0v) is 9.79. The van der Waals surface area contributed by atoms with Gasteiger partial charge in [0.2, 0.25) is 0 Å². The minimum absolute atomic E-state index is 0.282. The fourth-order valence-electron chi connectivity index (χ4n) is 1.38. The lowest BCUT2D eigenvalue weighted by molar-refractivity contribution is 0.579. The van der Waals surface area contributed by atoms with Gasteiger partial charge in [-0.25, -0.2) is 0 Å². The molecule has 0 saturated heterocycles. The quantitative estimate of drug-likeness (QED) is 0.785. The minimum Gasteiger partial charge on any atom is -0.313 e. The number of thiophene rings is 1. The Morgan fingerprint density at radius 2 is 2.00 bits per heavy atom. The summed E-state index contributed by atoms with van der Waals surface area (Å²) in [6.45, 7) is 11.0. The number of hydrogen-bond acceptors (Lipinski definition) is 2. The van der Waals surface area contributed by atoms with E-state index in [2.05, 4.69) is 43.8 Å². The molecule has 0 unspecified atom stereocenters. The Morgan fingerprint density at radius 1 is 1.31 bits per heavy atom. The highest BCUT2D eigenvalue weighted by atomic mass is 32.1. The Balaban J connectivity index is 2.77. The van der Waals surface area contributed by atoms with E-state index >= 15 is 0 Å². The van der Waals surface area contributed by atoms with E-state index in [9.17, 15) is 0 Å². The highest BCUT2D eigenvalue weighted by Crippen LogP contribution is 2.28. The monoisotopic (exact) mass is 197 g/mol. The molecule has 0 aliphatic heterocycles. The molecule has 2 heteroatoms. The van der Waals surface area contributed by atoms with Crippen LogP contribution in [0.25, 0.3) is 0 Å². The molecule has 0 fully saturated rings. The summed E-state index contributed by atoms with van der Waals surface area (Å²) < 4.78 is 0. The third-order valence-electron chi connectivity index (χ3n) is 2.12. The molecular weight excluding hydrogens is 178 g/mol. The van der Waals surface area contributed by atoms with Crippen molar-refractivity contribution in [2.45, 2.75) is 39.7 Å². The number of nitrogens with one attached hydrogen (secondary N) is 1. The fourth-order valence-corrected chi connectivity index (χ4v) is 2.46. The molecule has 0 amide bonds. The summed E-state index contributed by atoms with van der Waals surface area (Å²) >= 11 is 1.80. The van der Waals surface area contributed by atoms with Crippen molar-refractivity contribution in [3.05, 3.63) is 21.9 Å². The van der Waals surface area contributed by atoms with Gasteiger partial charge in [-0.3, -0.25) is 0 Å². The summed E-state index contributed by atoms with van der Waals surface area (Å²) in [5, 5.41) is 7.89. The van der Waals surface area contributed by atoms with Crippen molar-refractivity contribution in [3.8, 4) is 0 Å². The first-order valence-electron chi connectivity index (χ1n) is 4.82. The Labute approximate surface area is 85.2 Å². The van der Waals surface area contributed by atoms with E-state index in [4.69, 9.17) is 0 Å². The standard InChI is InChI=1S/C11H19NS/c1-5-12-6-9-7-13-8-10(9)11(2,3)4/h7-8,12H,5-6H2,1-4H3. The summed E-state index contributed by atoms with van der Waals surface area (Å²) in [5.41, 5.74) is 3.22.